The summed E-state index contributed by atoms with van der Waals surface area (Å²) in [7, 11) is 0. The number of nitrogens with zero attached hydrogens (tertiary/aromatic N) is 2. The van der Waals surface area contributed by atoms with Crippen LogP contribution in [0.2, 0.25) is 0 Å². The Morgan fingerprint density at radius 2 is 1.60 bits per heavy atom. The fraction of sp³-hybridized carbons (Fsp3) is 0.538. The normalized spacial score (nSPS) is 16.7. The van der Waals surface area contributed by atoms with Gasteiger partial charge in [0.2, 0.25) is 0 Å². The minimum absolute atomic E-state index is 0.0459. The van der Waals surface area contributed by atoms with Crippen LogP contribution < -0.4 is 0 Å². The Morgan fingerprint density at radius 1 is 1.20 bits per heavy atom. The number of carbonyl (C=O) groups is 2. The standard InChI is InChI=1S/C13H20N2O5/c1-4-6-19-12(17)14-8-11(10(3)16)9-15(14)13(18)20-7-5-2/h4-5,10-11,16H,1-2,6-9H2,3H3. The molecular weight excluding hydrogens is 264 g/mol. The lowest BCUT2D eigenvalue weighted by Crippen LogP contribution is -2.45. The zero-order chi connectivity index (χ0) is 15.1. The first-order valence-electron chi connectivity index (χ1n) is 6.29. The van der Waals surface area contributed by atoms with Gasteiger partial charge in [-0.2, -0.15) is 0 Å². The second-order valence-corrected chi connectivity index (χ2v) is 4.40. The van der Waals surface area contributed by atoms with Crippen molar-refractivity contribution in [2.45, 2.75) is 13.0 Å². The lowest BCUT2D eigenvalue weighted by Gasteiger charge is -2.25. The van der Waals surface area contributed by atoms with Gasteiger partial charge in [0.05, 0.1) is 19.2 Å². The Balaban J connectivity index is 2.75. The summed E-state index contributed by atoms with van der Waals surface area (Å²) in [6.45, 7) is 8.97. The second kappa shape index (κ2) is 7.54. The van der Waals surface area contributed by atoms with Crippen molar-refractivity contribution in [1.29, 1.82) is 0 Å². The van der Waals surface area contributed by atoms with Gasteiger partial charge in [0, 0.05) is 5.92 Å². The third kappa shape index (κ3) is 3.99. The lowest BCUT2D eigenvalue weighted by molar-refractivity contribution is 0.0126. The predicted octanol–water partition coefficient (Wildman–Crippen LogP) is 1.16. The first-order valence-corrected chi connectivity index (χ1v) is 6.29. The van der Waals surface area contributed by atoms with Gasteiger partial charge in [0.25, 0.3) is 0 Å². The van der Waals surface area contributed by atoms with Crippen LogP contribution in [0.4, 0.5) is 9.59 Å². The van der Waals surface area contributed by atoms with E-state index in [1.54, 1.807) is 6.92 Å². The van der Waals surface area contributed by atoms with Crippen LogP contribution >= 0.6 is 0 Å². The van der Waals surface area contributed by atoms with Gasteiger partial charge in [-0.15, -0.1) is 0 Å². The van der Waals surface area contributed by atoms with Crippen LogP contribution in [0.15, 0.2) is 25.3 Å². The Hall–Kier alpha value is -2.02. The Bertz CT molecular complexity index is 351. The molecule has 0 aliphatic carbocycles. The van der Waals surface area contributed by atoms with Crippen molar-refractivity contribution < 1.29 is 24.2 Å². The van der Waals surface area contributed by atoms with Crippen molar-refractivity contribution >= 4 is 12.2 Å². The topological polar surface area (TPSA) is 79.3 Å². The van der Waals surface area contributed by atoms with Crippen LogP contribution in [0.3, 0.4) is 0 Å². The van der Waals surface area contributed by atoms with E-state index in [2.05, 4.69) is 13.2 Å². The number of rotatable bonds is 5. The third-order valence-corrected chi connectivity index (χ3v) is 2.86. The average molecular weight is 284 g/mol. The number of amides is 2. The maximum absolute atomic E-state index is 11.9. The summed E-state index contributed by atoms with van der Waals surface area (Å²) in [4.78, 5) is 23.7. The summed E-state index contributed by atoms with van der Waals surface area (Å²) in [5, 5.41) is 11.9. The molecule has 1 saturated heterocycles. The second-order valence-electron chi connectivity index (χ2n) is 4.40. The molecule has 112 valence electrons. The van der Waals surface area contributed by atoms with Crippen molar-refractivity contribution in [2.24, 2.45) is 5.92 Å². The minimum atomic E-state index is -0.677. The molecular formula is C13H20N2O5. The van der Waals surface area contributed by atoms with Gasteiger partial charge >= 0.3 is 12.2 Å². The van der Waals surface area contributed by atoms with Crippen LogP contribution in [0.25, 0.3) is 0 Å². The molecule has 2 amide bonds. The molecule has 0 spiro atoms. The van der Waals surface area contributed by atoms with Gasteiger partial charge in [-0.25, -0.2) is 19.6 Å². The van der Waals surface area contributed by atoms with E-state index < -0.39 is 18.3 Å². The molecule has 1 heterocycles. The first kappa shape index (κ1) is 16.0. The van der Waals surface area contributed by atoms with Crippen molar-refractivity contribution in [3.8, 4) is 0 Å². The van der Waals surface area contributed by atoms with E-state index in [1.807, 2.05) is 0 Å². The van der Waals surface area contributed by atoms with Gasteiger partial charge in [0.15, 0.2) is 0 Å². The van der Waals surface area contributed by atoms with Crippen LogP contribution in [0.5, 0.6) is 0 Å². The highest BCUT2D eigenvalue weighted by Gasteiger charge is 2.40. The zero-order valence-corrected chi connectivity index (χ0v) is 11.5. The highest BCUT2D eigenvalue weighted by Crippen LogP contribution is 2.21. The highest BCUT2D eigenvalue weighted by molar-refractivity contribution is 5.75. The Labute approximate surface area is 118 Å². The molecule has 7 nitrogen and oxygen atoms in total. The maximum atomic E-state index is 11.9. The minimum Gasteiger partial charge on any atom is -0.444 e. The largest absolute Gasteiger partial charge is 0.444 e. The van der Waals surface area contributed by atoms with Crippen molar-refractivity contribution in [1.82, 2.24) is 10.0 Å². The molecule has 1 rings (SSSR count). The summed E-state index contributed by atoms with van der Waals surface area (Å²) in [6.07, 6.45) is 0.857. The summed E-state index contributed by atoms with van der Waals surface area (Å²) in [5.74, 6) is -0.248. The van der Waals surface area contributed by atoms with Crippen molar-refractivity contribution in [3.63, 3.8) is 0 Å². The monoisotopic (exact) mass is 284 g/mol. The molecule has 0 aromatic heterocycles. The van der Waals surface area contributed by atoms with Crippen molar-refractivity contribution in [2.75, 3.05) is 26.3 Å². The maximum Gasteiger partial charge on any atom is 0.429 e. The number of ether oxygens (including phenoxy) is 2. The molecule has 1 unspecified atom stereocenters. The molecule has 1 fully saturated rings. The summed E-state index contributed by atoms with van der Waals surface area (Å²) in [6, 6.07) is 0. The predicted molar refractivity (Wildman–Crippen MR) is 71.7 cm³/mol. The number of aliphatic hydroxyl groups is 1. The summed E-state index contributed by atoms with van der Waals surface area (Å²) >= 11 is 0. The van der Waals surface area contributed by atoms with Crippen LogP contribution in [0.1, 0.15) is 6.92 Å². The van der Waals surface area contributed by atoms with E-state index in [9.17, 15) is 14.7 Å². The third-order valence-electron chi connectivity index (χ3n) is 2.86. The van der Waals surface area contributed by atoms with Crippen molar-refractivity contribution in [3.05, 3.63) is 25.3 Å². The van der Waals surface area contributed by atoms with E-state index in [0.717, 1.165) is 10.0 Å². The molecule has 0 radical (unpaired) electrons. The molecule has 1 aliphatic rings. The SMILES string of the molecule is C=CCOC(=O)N1CC(C(C)O)CN1C(=O)OCC=C. The van der Waals surface area contributed by atoms with Crippen LogP contribution in [-0.4, -0.2) is 59.7 Å². The van der Waals surface area contributed by atoms with E-state index in [0.29, 0.717) is 0 Å². The molecule has 7 heteroatoms. The Morgan fingerprint density at radius 3 is 1.90 bits per heavy atom. The van der Waals surface area contributed by atoms with Gasteiger partial charge in [-0.05, 0) is 6.92 Å². The van der Waals surface area contributed by atoms with Crippen LogP contribution in [-0.2, 0) is 9.47 Å². The average Bonchev–Trinajstić information content (AvgIpc) is 2.87. The molecule has 1 N–H and O–H groups in total. The van der Waals surface area contributed by atoms with E-state index in [-0.39, 0.29) is 32.2 Å². The number of hydrogen-bond donors (Lipinski definition) is 1. The van der Waals surface area contributed by atoms with E-state index in [4.69, 9.17) is 9.47 Å². The quantitative estimate of drug-likeness (QED) is 0.766. The Kier molecular flexibility index (Phi) is 6.05. The molecule has 0 aromatic carbocycles. The molecule has 0 aromatic rings. The number of hydrazine groups is 1. The fourth-order valence-corrected chi connectivity index (χ4v) is 1.76. The van der Waals surface area contributed by atoms with E-state index in [1.165, 1.54) is 12.2 Å². The molecule has 0 saturated carbocycles. The number of carbonyl (C=O) groups excluding carboxylic acids is 2. The van der Waals surface area contributed by atoms with Gasteiger partial charge < -0.3 is 14.6 Å². The summed E-state index contributed by atoms with van der Waals surface area (Å²) in [5.41, 5.74) is 0. The molecule has 1 atom stereocenters. The van der Waals surface area contributed by atoms with Crippen LogP contribution in [0, 0.1) is 5.92 Å². The van der Waals surface area contributed by atoms with Gasteiger partial charge in [0.1, 0.15) is 13.2 Å². The molecule has 20 heavy (non-hydrogen) atoms. The first-order chi connectivity index (χ1) is 9.51. The molecule has 1 aliphatic heterocycles. The lowest BCUT2D eigenvalue weighted by atomic mass is 10.1. The smallest absolute Gasteiger partial charge is 0.429 e. The highest BCUT2D eigenvalue weighted by atomic mass is 16.6. The van der Waals surface area contributed by atoms with E-state index >= 15 is 0 Å². The zero-order valence-electron chi connectivity index (χ0n) is 11.5. The summed E-state index contributed by atoms with van der Waals surface area (Å²) < 4.78 is 9.81. The molecule has 0 bridgehead atoms. The van der Waals surface area contributed by atoms with Gasteiger partial charge in [-0.3, -0.25) is 0 Å². The fourth-order valence-electron chi connectivity index (χ4n) is 1.76. The van der Waals surface area contributed by atoms with Gasteiger partial charge in [-0.1, -0.05) is 25.3 Å². The number of aliphatic hydroxyl groups excluding tert-OH is 1. The number of hydrogen-bond acceptors (Lipinski definition) is 5.